The van der Waals surface area contributed by atoms with E-state index in [-0.39, 0.29) is 24.9 Å². The van der Waals surface area contributed by atoms with Crippen LogP contribution in [0.3, 0.4) is 0 Å². The maximum absolute atomic E-state index is 13.1. The maximum Gasteiger partial charge on any atom is 0.490 e. The lowest BCUT2D eigenvalue weighted by Gasteiger charge is -2.29. The minimum atomic E-state index is -5.08. The number of rotatable bonds is 3. The fraction of sp³-hybridized carbons (Fsp3) is 0.308. The van der Waals surface area contributed by atoms with Crippen molar-refractivity contribution in [1.82, 2.24) is 14.3 Å². The van der Waals surface area contributed by atoms with Gasteiger partial charge in [0.25, 0.3) is 10.2 Å². The Labute approximate surface area is 249 Å². The number of nitrogens with zero attached hydrogens (tertiary/aromatic N) is 3. The van der Waals surface area contributed by atoms with Crippen molar-refractivity contribution in [2.24, 2.45) is 11.1 Å². The second-order valence-electron chi connectivity index (χ2n) is 9.72. The largest absolute Gasteiger partial charge is 0.490 e. The molecule has 0 atom stereocenters. The molecule has 0 spiro atoms. The van der Waals surface area contributed by atoms with Crippen LogP contribution in [-0.4, -0.2) is 58.9 Å². The monoisotopic (exact) mass is 641 g/mol. The van der Waals surface area contributed by atoms with Crippen LogP contribution < -0.4 is 21.1 Å². The summed E-state index contributed by atoms with van der Waals surface area (Å²) in [7, 11) is -3.74. The van der Waals surface area contributed by atoms with Crippen molar-refractivity contribution >= 4 is 62.5 Å². The third-order valence-electron chi connectivity index (χ3n) is 6.66. The number of benzene rings is 2. The number of hydrogen-bond donors (Lipinski definition) is 5. The first kappa shape index (κ1) is 31.9. The van der Waals surface area contributed by atoms with Crippen LogP contribution in [0.2, 0.25) is 5.02 Å². The number of anilines is 5. The van der Waals surface area contributed by atoms with Crippen LogP contribution in [-0.2, 0) is 32.6 Å². The smallest absolute Gasteiger partial charge is 0.475 e. The number of aryl methyl sites for hydroxylation is 2. The Kier molecular flexibility index (Phi) is 9.74. The number of piperidine rings is 1. The van der Waals surface area contributed by atoms with Crippen LogP contribution in [0, 0.1) is 5.92 Å². The number of aromatic nitrogens is 2. The van der Waals surface area contributed by atoms with Gasteiger partial charge in [0, 0.05) is 36.1 Å². The fourth-order valence-electron chi connectivity index (χ4n) is 4.47. The van der Waals surface area contributed by atoms with Crippen LogP contribution >= 0.6 is 11.6 Å². The molecule has 12 nitrogen and oxygen atoms in total. The Morgan fingerprint density at radius 1 is 1.07 bits per heavy atom. The van der Waals surface area contributed by atoms with Crippen molar-refractivity contribution in [1.29, 1.82) is 0 Å². The fourth-order valence-corrected chi connectivity index (χ4v) is 5.33. The van der Waals surface area contributed by atoms with Gasteiger partial charge in [0.1, 0.15) is 5.02 Å². The summed E-state index contributed by atoms with van der Waals surface area (Å²) in [5.41, 5.74) is 4.45. The Bertz CT molecular complexity index is 1620. The van der Waals surface area contributed by atoms with E-state index in [9.17, 15) is 26.4 Å². The number of alkyl halides is 3. The molecule has 1 aromatic heterocycles. The van der Waals surface area contributed by atoms with Crippen LogP contribution in [0.1, 0.15) is 24.0 Å². The Morgan fingerprint density at radius 3 is 2.40 bits per heavy atom. The molecule has 2 aromatic carbocycles. The topological polar surface area (TPSA) is 180 Å². The molecule has 0 aliphatic carbocycles. The molecule has 230 valence electrons. The molecule has 1 saturated heterocycles. The summed E-state index contributed by atoms with van der Waals surface area (Å²) < 4.78 is 56.1. The van der Waals surface area contributed by atoms with Crippen molar-refractivity contribution in [2.75, 3.05) is 29.0 Å². The van der Waals surface area contributed by atoms with Gasteiger partial charge in [-0.1, -0.05) is 23.7 Å². The number of fused-ring (bicyclic) bond motifs is 6. The number of nitrogens with one attached hydrogen (secondary N) is 3. The highest BCUT2D eigenvalue weighted by Gasteiger charge is 2.38. The molecule has 6 N–H and O–H groups in total. The van der Waals surface area contributed by atoms with E-state index < -0.39 is 22.4 Å². The predicted octanol–water partition coefficient (Wildman–Crippen LogP) is 4.20. The number of carbonyl (C=O) groups excluding carboxylic acids is 1. The first-order chi connectivity index (χ1) is 20.2. The molecule has 0 unspecified atom stereocenters. The van der Waals surface area contributed by atoms with E-state index >= 15 is 0 Å². The highest BCUT2D eigenvalue weighted by Crippen LogP contribution is 2.30. The zero-order valence-electron chi connectivity index (χ0n) is 22.4. The molecule has 2 aliphatic rings. The van der Waals surface area contributed by atoms with Gasteiger partial charge in [-0.15, -0.1) is 0 Å². The second kappa shape index (κ2) is 13.1. The van der Waals surface area contributed by atoms with E-state index in [0.29, 0.717) is 36.1 Å². The molecule has 17 heteroatoms. The highest BCUT2D eigenvalue weighted by molar-refractivity contribution is 7.86. The molecule has 0 saturated carbocycles. The van der Waals surface area contributed by atoms with Gasteiger partial charge in [-0.2, -0.15) is 30.9 Å². The Morgan fingerprint density at radius 2 is 1.74 bits per heavy atom. The van der Waals surface area contributed by atoms with Crippen molar-refractivity contribution in [3.63, 3.8) is 0 Å². The molecular formula is C26H27ClF3N7O5S. The third kappa shape index (κ3) is 8.76. The maximum atomic E-state index is 13.1. The second-order valence-corrected chi connectivity index (χ2v) is 11.7. The van der Waals surface area contributed by atoms with E-state index in [1.54, 1.807) is 6.20 Å². The summed E-state index contributed by atoms with van der Waals surface area (Å²) in [6.07, 6.45) is -1.25. The van der Waals surface area contributed by atoms with Gasteiger partial charge in [-0.05, 0) is 67.1 Å². The number of carboxylic acids is 1. The minimum absolute atomic E-state index is 0.126. The van der Waals surface area contributed by atoms with Gasteiger partial charge in [0.2, 0.25) is 11.9 Å². The van der Waals surface area contributed by atoms with Gasteiger partial charge in [0.05, 0.1) is 6.20 Å². The number of amides is 1. The predicted molar refractivity (Wildman–Crippen MR) is 154 cm³/mol. The van der Waals surface area contributed by atoms with Gasteiger partial charge >= 0.3 is 12.1 Å². The lowest BCUT2D eigenvalue weighted by molar-refractivity contribution is -0.192. The Hall–Kier alpha value is -3.99. The average Bonchev–Trinajstić information content (AvgIpc) is 2.94. The standard InChI is InChI=1S/C24H26ClN7O3S.C2HF3O2/c25-20-14-27-24-29-18-3-1-2-15(12-18)4-5-17-13-19(28-22(20)31-24)6-7-21(17)30-23(33)16-8-10-32(11-9-16)36(26,34)35;3-2(4,5)1(6)7/h1-3,6-7,12-14,16H,4-5,8-11H2,(H,30,33)(H2,26,34,35)(H2,27,28,29,31);(H,6,7). The summed E-state index contributed by atoms with van der Waals surface area (Å²) >= 11 is 6.34. The van der Waals surface area contributed by atoms with E-state index in [1.165, 1.54) is 4.31 Å². The average molecular weight is 642 g/mol. The van der Waals surface area contributed by atoms with Crippen LogP contribution in [0.5, 0.6) is 0 Å². The van der Waals surface area contributed by atoms with Crippen LogP contribution in [0.25, 0.3) is 0 Å². The third-order valence-corrected chi connectivity index (χ3v) is 8.02. The van der Waals surface area contributed by atoms with Gasteiger partial charge < -0.3 is 21.1 Å². The van der Waals surface area contributed by atoms with E-state index in [1.807, 2.05) is 36.4 Å². The number of hydrogen-bond acceptors (Lipinski definition) is 8. The van der Waals surface area contributed by atoms with Crippen molar-refractivity contribution in [3.8, 4) is 0 Å². The lowest BCUT2D eigenvalue weighted by Crippen LogP contribution is -2.44. The van der Waals surface area contributed by atoms with Crippen molar-refractivity contribution in [2.45, 2.75) is 31.9 Å². The summed E-state index contributed by atoms with van der Waals surface area (Å²) in [6, 6.07) is 13.7. The number of carboxylic acid groups (broad SMARTS) is 1. The zero-order chi connectivity index (χ0) is 31.4. The molecule has 0 radical (unpaired) electrons. The molecule has 5 rings (SSSR count). The number of carbonyl (C=O) groups is 2. The molecule has 1 amide bonds. The minimum Gasteiger partial charge on any atom is -0.475 e. The number of nitrogens with two attached hydrogens (primary N) is 1. The molecule has 2 aliphatic heterocycles. The van der Waals surface area contributed by atoms with Crippen molar-refractivity contribution in [3.05, 3.63) is 64.8 Å². The number of halogens is 4. The van der Waals surface area contributed by atoms with Gasteiger partial charge in [0.15, 0.2) is 5.82 Å². The molecule has 43 heavy (non-hydrogen) atoms. The number of aliphatic carboxylic acids is 1. The zero-order valence-corrected chi connectivity index (χ0v) is 23.9. The summed E-state index contributed by atoms with van der Waals surface area (Å²) in [5, 5.41) is 22.3. The molecular weight excluding hydrogens is 615 g/mol. The summed E-state index contributed by atoms with van der Waals surface area (Å²) in [4.78, 5) is 30.7. The van der Waals surface area contributed by atoms with E-state index in [0.717, 1.165) is 34.6 Å². The quantitative estimate of drug-likeness (QED) is 0.280. The summed E-state index contributed by atoms with van der Waals surface area (Å²) in [6.45, 7) is 0.470. The Balaban J connectivity index is 0.000000541. The first-order valence-electron chi connectivity index (χ1n) is 12.9. The molecule has 3 aromatic rings. The van der Waals surface area contributed by atoms with Crippen LogP contribution in [0.4, 0.5) is 42.0 Å². The molecule has 6 bridgehead atoms. The van der Waals surface area contributed by atoms with Gasteiger partial charge in [-0.3, -0.25) is 4.79 Å². The highest BCUT2D eigenvalue weighted by atomic mass is 35.5. The normalized spacial score (nSPS) is 15.7. The summed E-state index contributed by atoms with van der Waals surface area (Å²) in [5.74, 6) is -2.28. The first-order valence-corrected chi connectivity index (χ1v) is 14.7. The molecule has 1 fully saturated rings. The van der Waals surface area contributed by atoms with E-state index in [4.69, 9.17) is 26.6 Å². The van der Waals surface area contributed by atoms with Crippen molar-refractivity contribution < 1.29 is 36.3 Å². The SMILES string of the molecule is NS(=O)(=O)N1CCC(C(=O)Nc2ccc3cc2CCc2cccc(c2)Nc2ncc(Cl)c(n2)N3)CC1.O=C(O)C(F)(F)F. The van der Waals surface area contributed by atoms with Gasteiger partial charge in [-0.25, -0.2) is 14.9 Å². The lowest BCUT2D eigenvalue weighted by atomic mass is 9.96. The van der Waals surface area contributed by atoms with Crippen LogP contribution in [0.15, 0.2) is 48.7 Å². The molecule has 3 heterocycles. The van der Waals surface area contributed by atoms with E-state index in [2.05, 4.69) is 32.0 Å².